The van der Waals surface area contributed by atoms with Crippen molar-refractivity contribution in [1.82, 2.24) is 15.1 Å². The number of hydrogen-bond donors (Lipinski definition) is 1. The molecule has 6 nitrogen and oxygen atoms in total. The van der Waals surface area contributed by atoms with E-state index in [1.807, 2.05) is 40.6 Å². The van der Waals surface area contributed by atoms with Crippen molar-refractivity contribution in [3.63, 3.8) is 0 Å². The molecule has 0 spiro atoms. The SMILES string of the molecule is N#Cc1ccc(CN2CCCN(C(=O)CCCNC(=O)c3cccs3)CC2)cc1. The summed E-state index contributed by atoms with van der Waals surface area (Å²) in [6.45, 7) is 4.67. The first-order valence-electron chi connectivity index (χ1n) is 9.96. The molecule has 3 rings (SSSR count). The maximum atomic E-state index is 12.5. The lowest BCUT2D eigenvalue weighted by Crippen LogP contribution is -2.35. The maximum absolute atomic E-state index is 12.5. The van der Waals surface area contributed by atoms with Crippen LogP contribution >= 0.6 is 11.3 Å². The Balaban J connectivity index is 1.37. The van der Waals surface area contributed by atoms with E-state index < -0.39 is 0 Å². The fourth-order valence-corrected chi connectivity index (χ4v) is 4.06. The Hall–Kier alpha value is -2.69. The number of rotatable bonds is 7. The van der Waals surface area contributed by atoms with Crippen molar-refractivity contribution >= 4 is 23.2 Å². The third-order valence-electron chi connectivity index (χ3n) is 5.03. The summed E-state index contributed by atoms with van der Waals surface area (Å²) in [4.78, 5) is 29.4. The van der Waals surface area contributed by atoms with Crippen LogP contribution in [0, 0.1) is 11.3 Å². The lowest BCUT2D eigenvalue weighted by atomic mass is 10.1. The highest BCUT2D eigenvalue weighted by atomic mass is 32.1. The van der Waals surface area contributed by atoms with Crippen LogP contribution in [0.1, 0.15) is 40.1 Å². The summed E-state index contributed by atoms with van der Waals surface area (Å²) >= 11 is 1.42. The predicted octanol–water partition coefficient (Wildman–Crippen LogP) is 2.86. The van der Waals surface area contributed by atoms with Gasteiger partial charge in [-0.05, 0) is 42.0 Å². The molecule has 0 radical (unpaired) electrons. The molecule has 0 atom stereocenters. The van der Waals surface area contributed by atoms with Gasteiger partial charge in [0.2, 0.25) is 5.91 Å². The second kappa shape index (κ2) is 10.7. The first-order chi connectivity index (χ1) is 14.2. The van der Waals surface area contributed by atoms with Crippen LogP contribution in [0.15, 0.2) is 41.8 Å². The molecule has 1 saturated heterocycles. The number of carbonyl (C=O) groups is 2. The molecule has 0 aliphatic carbocycles. The quantitative estimate of drug-likeness (QED) is 0.712. The molecule has 1 N–H and O–H groups in total. The predicted molar refractivity (Wildman–Crippen MR) is 114 cm³/mol. The van der Waals surface area contributed by atoms with Crippen LogP contribution in [-0.2, 0) is 11.3 Å². The van der Waals surface area contributed by atoms with E-state index in [9.17, 15) is 9.59 Å². The fourth-order valence-electron chi connectivity index (χ4n) is 3.42. The minimum atomic E-state index is -0.0688. The van der Waals surface area contributed by atoms with Crippen molar-refractivity contribution in [2.75, 3.05) is 32.7 Å². The van der Waals surface area contributed by atoms with Gasteiger partial charge < -0.3 is 10.2 Å². The van der Waals surface area contributed by atoms with Gasteiger partial charge in [0.05, 0.1) is 16.5 Å². The van der Waals surface area contributed by atoms with E-state index in [-0.39, 0.29) is 11.8 Å². The van der Waals surface area contributed by atoms with Crippen LogP contribution in [0.25, 0.3) is 0 Å². The summed E-state index contributed by atoms with van der Waals surface area (Å²) < 4.78 is 0. The Bertz CT molecular complexity index is 843. The number of benzene rings is 1. The number of nitrogens with zero attached hydrogens (tertiary/aromatic N) is 3. The molecular formula is C22H26N4O2S. The van der Waals surface area contributed by atoms with Gasteiger partial charge >= 0.3 is 0 Å². The van der Waals surface area contributed by atoms with Crippen LogP contribution in [0.2, 0.25) is 0 Å². The molecule has 1 fully saturated rings. The highest BCUT2D eigenvalue weighted by Crippen LogP contribution is 2.12. The van der Waals surface area contributed by atoms with E-state index in [2.05, 4.69) is 16.3 Å². The molecule has 152 valence electrons. The third-order valence-corrected chi connectivity index (χ3v) is 5.90. The molecule has 29 heavy (non-hydrogen) atoms. The summed E-state index contributed by atoms with van der Waals surface area (Å²) in [5.41, 5.74) is 1.86. The molecule has 1 aliphatic heterocycles. The maximum Gasteiger partial charge on any atom is 0.261 e. The van der Waals surface area contributed by atoms with Crippen LogP contribution < -0.4 is 5.32 Å². The molecule has 1 aromatic heterocycles. The molecule has 0 saturated carbocycles. The van der Waals surface area contributed by atoms with Crippen LogP contribution in [0.4, 0.5) is 0 Å². The van der Waals surface area contributed by atoms with Crippen molar-refractivity contribution < 1.29 is 9.59 Å². The van der Waals surface area contributed by atoms with Crippen molar-refractivity contribution in [1.29, 1.82) is 5.26 Å². The highest BCUT2D eigenvalue weighted by Gasteiger charge is 2.19. The van der Waals surface area contributed by atoms with Crippen molar-refractivity contribution in [3.05, 3.63) is 57.8 Å². The summed E-state index contributed by atoms with van der Waals surface area (Å²) in [7, 11) is 0. The van der Waals surface area contributed by atoms with E-state index in [4.69, 9.17) is 5.26 Å². The minimum Gasteiger partial charge on any atom is -0.351 e. The monoisotopic (exact) mass is 410 g/mol. The fraction of sp³-hybridized carbons (Fsp3) is 0.409. The van der Waals surface area contributed by atoms with Crippen LogP contribution in [0.3, 0.4) is 0 Å². The van der Waals surface area contributed by atoms with Crippen LogP contribution in [0.5, 0.6) is 0 Å². The Morgan fingerprint density at radius 2 is 1.93 bits per heavy atom. The molecule has 2 heterocycles. The summed E-state index contributed by atoms with van der Waals surface area (Å²) in [6, 6.07) is 13.5. The van der Waals surface area contributed by atoms with E-state index in [1.165, 1.54) is 16.9 Å². The lowest BCUT2D eigenvalue weighted by molar-refractivity contribution is -0.131. The van der Waals surface area contributed by atoms with E-state index in [0.717, 1.165) is 39.1 Å². The third kappa shape index (κ3) is 6.41. The molecule has 1 aromatic carbocycles. The number of nitrogens with one attached hydrogen (secondary N) is 1. The summed E-state index contributed by atoms with van der Waals surface area (Å²) in [5, 5.41) is 13.6. The molecule has 2 amide bonds. The summed E-state index contributed by atoms with van der Waals surface area (Å²) in [5.74, 6) is 0.0938. The highest BCUT2D eigenvalue weighted by molar-refractivity contribution is 7.12. The average Bonchev–Trinajstić information content (AvgIpc) is 3.19. The molecule has 0 bridgehead atoms. The van der Waals surface area contributed by atoms with Gasteiger partial charge in [-0.3, -0.25) is 14.5 Å². The number of amides is 2. The van der Waals surface area contributed by atoms with Gasteiger partial charge in [0.1, 0.15) is 0 Å². The second-order valence-electron chi connectivity index (χ2n) is 7.16. The Morgan fingerprint density at radius 1 is 1.10 bits per heavy atom. The zero-order valence-corrected chi connectivity index (χ0v) is 17.3. The van der Waals surface area contributed by atoms with Crippen molar-refractivity contribution in [2.45, 2.75) is 25.8 Å². The van der Waals surface area contributed by atoms with Crippen LogP contribution in [-0.4, -0.2) is 54.3 Å². The standard InChI is InChI=1S/C22H26N4O2S/c23-16-18-6-8-19(9-7-18)17-25-11-3-12-26(14-13-25)21(27)5-1-10-24-22(28)20-4-2-15-29-20/h2,4,6-9,15H,1,3,5,10-14,17H2,(H,24,28). The lowest BCUT2D eigenvalue weighted by Gasteiger charge is -2.22. The normalized spacial score (nSPS) is 14.8. The molecule has 7 heteroatoms. The molecular weight excluding hydrogens is 384 g/mol. The molecule has 0 unspecified atom stereocenters. The largest absolute Gasteiger partial charge is 0.351 e. The first kappa shape index (κ1) is 21.0. The molecule has 1 aliphatic rings. The number of thiophene rings is 1. The molecule has 2 aromatic rings. The Morgan fingerprint density at radius 3 is 2.66 bits per heavy atom. The van der Waals surface area contributed by atoms with Gasteiger partial charge in [0.15, 0.2) is 0 Å². The Kier molecular flexibility index (Phi) is 7.79. The van der Waals surface area contributed by atoms with Gasteiger partial charge in [0, 0.05) is 45.7 Å². The van der Waals surface area contributed by atoms with E-state index in [0.29, 0.717) is 29.8 Å². The van der Waals surface area contributed by atoms with E-state index >= 15 is 0 Å². The zero-order chi connectivity index (χ0) is 20.5. The zero-order valence-electron chi connectivity index (χ0n) is 16.5. The van der Waals surface area contributed by atoms with Crippen molar-refractivity contribution in [2.24, 2.45) is 0 Å². The van der Waals surface area contributed by atoms with Crippen molar-refractivity contribution in [3.8, 4) is 6.07 Å². The van der Waals surface area contributed by atoms with E-state index in [1.54, 1.807) is 6.07 Å². The average molecular weight is 411 g/mol. The smallest absolute Gasteiger partial charge is 0.261 e. The van der Waals surface area contributed by atoms with Gasteiger partial charge in [-0.15, -0.1) is 11.3 Å². The topological polar surface area (TPSA) is 76.4 Å². The number of nitriles is 1. The van der Waals surface area contributed by atoms with Gasteiger partial charge in [-0.25, -0.2) is 0 Å². The second-order valence-corrected chi connectivity index (χ2v) is 8.10. The Labute approximate surface area is 175 Å². The summed E-state index contributed by atoms with van der Waals surface area (Å²) in [6.07, 6.45) is 2.07. The van der Waals surface area contributed by atoms with Gasteiger partial charge in [0.25, 0.3) is 5.91 Å². The van der Waals surface area contributed by atoms with Gasteiger partial charge in [-0.1, -0.05) is 18.2 Å². The number of hydrogen-bond acceptors (Lipinski definition) is 5. The number of carbonyl (C=O) groups excluding carboxylic acids is 2. The first-order valence-corrected chi connectivity index (χ1v) is 10.8. The van der Waals surface area contributed by atoms with Gasteiger partial charge in [-0.2, -0.15) is 5.26 Å². The minimum absolute atomic E-state index is 0.0688.